The van der Waals surface area contributed by atoms with E-state index in [2.05, 4.69) is 21.7 Å². The van der Waals surface area contributed by atoms with Crippen LogP contribution in [0.2, 0.25) is 5.02 Å². The van der Waals surface area contributed by atoms with Gasteiger partial charge in [0.25, 0.3) is 0 Å². The fraction of sp³-hybridized carbons (Fsp3) is 0.308. The Balaban J connectivity index is 1.45. The molecule has 8 nitrogen and oxygen atoms in total. The third-order valence-electron chi connectivity index (χ3n) is 6.71. The highest BCUT2D eigenvalue weighted by atomic mass is 35.5. The maximum absolute atomic E-state index is 13.2. The third-order valence-corrected chi connectivity index (χ3v) is 7.12. The van der Waals surface area contributed by atoms with E-state index < -0.39 is 5.54 Å². The average molecular weight is 489 g/mol. The summed E-state index contributed by atoms with van der Waals surface area (Å²) >= 11 is 6.86. The first-order valence-corrected chi connectivity index (χ1v) is 11.9. The first kappa shape index (κ1) is 23.1. The van der Waals surface area contributed by atoms with Gasteiger partial charge in [-0.05, 0) is 37.5 Å². The number of pyridine rings is 1. The van der Waals surface area contributed by atoms with Crippen molar-refractivity contribution in [2.75, 3.05) is 18.5 Å². The van der Waals surface area contributed by atoms with Crippen LogP contribution in [0.1, 0.15) is 37.3 Å². The molecule has 0 spiro atoms. The smallest absolute Gasteiger partial charge is 0.232 e. The number of nitrogens with one attached hydrogen (secondary N) is 3. The Kier molecular flexibility index (Phi) is 6.05. The molecule has 3 N–H and O–H groups in total. The summed E-state index contributed by atoms with van der Waals surface area (Å²) in [5.41, 5.74) is 2.18. The minimum atomic E-state index is -0.857. The van der Waals surface area contributed by atoms with E-state index in [4.69, 9.17) is 21.7 Å². The van der Waals surface area contributed by atoms with Crippen molar-refractivity contribution in [1.29, 1.82) is 10.7 Å². The van der Waals surface area contributed by atoms with Crippen LogP contribution >= 0.6 is 11.6 Å². The van der Waals surface area contributed by atoms with Gasteiger partial charge in [-0.3, -0.25) is 20.1 Å². The molecular weight excluding hydrogens is 464 g/mol. The lowest BCUT2D eigenvalue weighted by atomic mass is 9.85. The largest absolute Gasteiger partial charge is 0.381 e. The van der Waals surface area contributed by atoms with E-state index in [-0.39, 0.29) is 24.3 Å². The van der Waals surface area contributed by atoms with Crippen LogP contribution < -0.4 is 10.6 Å². The Morgan fingerprint density at radius 1 is 1.23 bits per heavy atom. The molecule has 0 saturated carbocycles. The number of ether oxygens (including phenoxy) is 1. The van der Waals surface area contributed by atoms with Crippen LogP contribution in [0.4, 0.5) is 11.4 Å². The van der Waals surface area contributed by atoms with Crippen LogP contribution in [0.25, 0.3) is 10.9 Å². The summed E-state index contributed by atoms with van der Waals surface area (Å²) < 4.78 is 5.41. The lowest BCUT2D eigenvalue weighted by molar-refractivity contribution is -0.133. The van der Waals surface area contributed by atoms with Gasteiger partial charge in [0.1, 0.15) is 6.07 Å². The highest BCUT2D eigenvalue weighted by Gasteiger charge is 2.43. The fourth-order valence-electron chi connectivity index (χ4n) is 4.93. The summed E-state index contributed by atoms with van der Waals surface area (Å²) in [4.78, 5) is 19.2. The van der Waals surface area contributed by atoms with E-state index in [1.165, 1.54) is 0 Å². The SMILES string of the molecule is C[C@@]1(c2cccc(Nc3cnc4ccccc4c3C#N)c2Cl)CC(=O)N(C2CCOCC2)C(=N)N1. The molecule has 2 aliphatic heterocycles. The number of hydrogen-bond acceptors (Lipinski definition) is 6. The summed E-state index contributed by atoms with van der Waals surface area (Å²) in [6.45, 7) is 3.06. The van der Waals surface area contributed by atoms with Crippen LogP contribution in [0.5, 0.6) is 0 Å². The maximum atomic E-state index is 13.2. The minimum Gasteiger partial charge on any atom is -0.381 e. The quantitative estimate of drug-likeness (QED) is 0.492. The Labute approximate surface area is 208 Å². The Morgan fingerprint density at radius 3 is 2.74 bits per heavy atom. The predicted octanol–water partition coefficient (Wildman–Crippen LogP) is 4.65. The molecule has 1 atom stereocenters. The zero-order valence-electron chi connectivity index (χ0n) is 19.3. The molecule has 0 unspecified atom stereocenters. The third kappa shape index (κ3) is 4.18. The monoisotopic (exact) mass is 488 g/mol. The minimum absolute atomic E-state index is 0.0333. The van der Waals surface area contributed by atoms with E-state index in [1.54, 1.807) is 11.1 Å². The number of nitriles is 1. The molecule has 178 valence electrons. The van der Waals surface area contributed by atoms with Gasteiger partial charge in [-0.25, -0.2) is 0 Å². The zero-order chi connectivity index (χ0) is 24.6. The number of fused-ring (bicyclic) bond motifs is 1. The van der Waals surface area contributed by atoms with Crippen LogP contribution in [0.3, 0.4) is 0 Å². The molecule has 1 amide bonds. The molecule has 3 heterocycles. The molecule has 35 heavy (non-hydrogen) atoms. The van der Waals surface area contributed by atoms with Gasteiger partial charge in [0.15, 0.2) is 5.96 Å². The first-order valence-electron chi connectivity index (χ1n) is 11.5. The van der Waals surface area contributed by atoms with Crippen molar-refractivity contribution in [2.24, 2.45) is 0 Å². The van der Waals surface area contributed by atoms with Gasteiger partial charge < -0.3 is 15.4 Å². The summed E-state index contributed by atoms with van der Waals surface area (Å²) in [5.74, 6) is -0.0290. The van der Waals surface area contributed by atoms with Gasteiger partial charge in [-0.1, -0.05) is 41.9 Å². The van der Waals surface area contributed by atoms with E-state index >= 15 is 0 Å². The molecule has 2 aromatic carbocycles. The molecule has 2 fully saturated rings. The number of guanidine groups is 1. The summed E-state index contributed by atoms with van der Waals surface area (Å²) in [6.07, 6.45) is 3.22. The second-order valence-corrected chi connectivity index (χ2v) is 9.44. The number of hydrogen-bond donors (Lipinski definition) is 3. The van der Waals surface area contributed by atoms with Crippen LogP contribution in [0, 0.1) is 16.7 Å². The van der Waals surface area contributed by atoms with Gasteiger partial charge in [-0.2, -0.15) is 5.26 Å². The predicted molar refractivity (Wildman–Crippen MR) is 135 cm³/mol. The summed E-state index contributed by atoms with van der Waals surface area (Å²) in [6, 6.07) is 15.2. The molecule has 0 radical (unpaired) electrons. The normalized spacial score (nSPS) is 21.0. The number of para-hydroxylation sites is 1. The molecule has 3 aromatic rings. The maximum Gasteiger partial charge on any atom is 0.232 e. The highest BCUT2D eigenvalue weighted by molar-refractivity contribution is 6.34. The number of carbonyl (C=O) groups excluding carboxylic acids is 1. The molecule has 2 aliphatic rings. The standard InChI is InChI=1S/C26H25ClN6O2/c1-26(13-23(34)33(25(29)32-26)16-9-11-35-12-10-16)19-6-4-8-21(24(19)27)31-22-15-30-20-7-3-2-5-17(20)18(22)14-28/h2-8,15-16,31H,9-13H2,1H3,(H2,29,32)/t26-/m0/s1. The van der Waals surface area contributed by atoms with Crippen molar-refractivity contribution in [3.63, 3.8) is 0 Å². The van der Waals surface area contributed by atoms with Crippen molar-refractivity contribution in [3.8, 4) is 6.07 Å². The Bertz CT molecular complexity index is 1340. The Hall–Kier alpha value is -3.67. The zero-order valence-corrected chi connectivity index (χ0v) is 20.0. The summed E-state index contributed by atoms with van der Waals surface area (Å²) in [7, 11) is 0. The lowest BCUT2D eigenvalue weighted by Gasteiger charge is -2.45. The van der Waals surface area contributed by atoms with E-state index in [0.717, 1.165) is 10.9 Å². The van der Waals surface area contributed by atoms with Crippen LogP contribution in [-0.2, 0) is 15.1 Å². The van der Waals surface area contributed by atoms with Gasteiger partial charge in [-0.15, -0.1) is 0 Å². The number of rotatable bonds is 4. The molecule has 1 aromatic heterocycles. The number of nitrogens with zero attached hydrogens (tertiary/aromatic N) is 3. The number of halogens is 1. The number of amides is 1. The van der Waals surface area contributed by atoms with Crippen molar-refractivity contribution in [1.82, 2.24) is 15.2 Å². The van der Waals surface area contributed by atoms with Crippen LogP contribution in [0.15, 0.2) is 48.7 Å². The number of carbonyl (C=O) groups is 1. The first-order chi connectivity index (χ1) is 16.9. The van der Waals surface area contributed by atoms with Crippen molar-refractivity contribution >= 4 is 45.7 Å². The van der Waals surface area contributed by atoms with Crippen molar-refractivity contribution in [3.05, 3.63) is 64.8 Å². The number of aromatic nitrogens is 1. The van der Waals surface area contributed by atoms with Crippen LogP contribution in [-0.4, -0.2) is 41.0 Å². The molecule has 0 bridgehead atoms. The van der Waals surface area contributed by atoms with Gasteiger partial charge in [0.05, 0.1) is 45.6 Å². The lowest BCUT2D eigenvalue weighted by Crippen LogP contribution is -2.62. The fourth-order valence-corrected chi connectivity index (χ4v) is 5.31. The molecular formula is C26H25ClN6O2. The number of benzene rings is 2. The second-order valence-electron chi connectivity index (χ2n) is 9.06. The van der Waals surface area contributed by atoms with Gasteiger partial charge in [0, 0.05) is 24.6 Å². The molecule has 2 saturated heterocycles. The molecule has 0 aliphatic carbocycles. The summed E-state index contributed by atoms with van der Waals surface area (Å²) in [5, 5.41) is 26.1. The van der Waals surface area contributed by atoms with E-state index in [9.17, 15) is 10.1 Å². The van der Waals surface area contributed by atoms with Crippen molar-refractivity contribution < 1.29 is 9.53 Å². The Morgan fingerprint density at radius 2 is 2.00 bits per heavy atom. The van der Waals surface area contributed by atoms with E-state index in [0.29, 0.717) is 53.6 Å². The number of anilines is 2. The second kappa shape index (κ2) is 9.17. The van der Waals surface area contributed by atoms with Gasteiger partial charge in [0.2, 0.25) is 5.91 Å². The van der Waals surface area contributed by atoms with E-state index in [1.807, 2.05) is 49.4 Å². The van der Waals surface area contributed by atoms with Crippen molar-refractivity contribution in [2.45, 2.75) is 37.8 Å². The highest BCUT2D eigenvalue weighted by Crippen LogP contribution is 2.39. The molecule has 5 rings (SSSR count). The topological polar surface area (TPSA) is 114 Å². The molecule has 9 heteroatoms. The van der Waals surface area contributed by atoms with Gasteiger partial charge >= 0.3 is 0 Å². The average Bonchev–Trinajstić information content (AvgIpc) is 2.85.